The second-order valence-corrected chi connectivity index (χ2v) is 6.75. The number of rotatable bonds is 5. The van der Waals surface area contributed by atoms with E-state index in [9.17, 15) is 4.79 Å². The molecule has 2 aromatic heterocycles. The largest absolute Gasteiger partial charge is 0.467 e. The van der Waals surface area contributed by atoms with Crippen LogP contribution in [0.5, 0.6) is 0 Å². The normalized spacial score (nSPS) is 25.6. The number of carbonyl (C=O) groups excluding carboxylic acids is 1. The molecule has 7 heteroatoms. The lowest BCUT2D eigenvalue weighted by Gasteiger charge is -2.32. The summed E-state index contributed by atoms with van der Waals surface area (Å²) in [6.45, 7) is 3.68. The number of furan rings is 1. The van der Waals surface area contributed by atoms with Crippen molar-refractivity contribution in [3.8, 4) is 0 Å². The molecule has 0 aliphatic carbocycles. The molecule has 2 fully saturated rings. The Balaban J connectivity index is 1.35. The fourth-order valence-corrected chi connectivity index (χ4v) is 3.88. The average molecular weight is 342 g/mol. The summed E-state index contributed by atoms with van der Waals surface area (Å²) in [4.78, 5) is 22.9. The van der Waals surface area contributed by atoms with Gasteiger partial charge < -0.3 is 19.4 Å². The number of fused-ring (bicyclic) bond motifs is 1. The van der Waals surface area contributed by atoms with Gasteiger partial charge in [0.2, 0.25) is 5.91 Å². The van der Waals surface area contributed by atoms with Gasteiger partial charge >= 0.3 is 0 Å². The molecule has 0 saturated carbocycles. The number of hydrogen-bond acceptors (Lipinski definition) is 6. The number of ether oxygens (including phenoxy) is 1. The van der Waals surface area contributed by atoms with Gasteiger partial charge in [-0.05, 0) is 30.0 Å². The van der Waals surface area contributed by atoms with Gasteiger partial charge in [-0.15, -0.1) is 0 Å². The monoisotopic (exact) mass is 342 g/mol. The van der Waals surface area contributed by atoms with Gasteiger partial charge in [-0.2, -0.15) is 0 Å². The summed E-state index contributed by atoms with van der Waals surface area (Å²) in [5.74, 6) is 2.91. The fraction of sp³-hybridized carbons (Fsp3) is 0.500. The highest BCUT2D eigenvalue weighted by atomic mass is 16.5. The van der Waals surface area contributed by atoms with Gasteiger partial charge in [0.15, 0.2) is 0 Å². The number of hydrogen-bond donors (Lipinski definition) is 1. The third kappa shape index (κ3) is 3.66. The maximum atomic E-state index is 12.3. The summed E-state index contributed by atoms with van der Waals surface area (Å²) in [7, 11) is 0. The summed E-state index contributed by atoms with van der Waals surface area (Å²) in [5, 5.41) is 2.93. The van der Waals surface area contributed by atoms with Crippen molar-refractivity contribution >= 4 is 11.7 Å². The van der Waals surface area contributed by atoms with Gasteiger partial charge in [-0.1, -0.05) is 0 Å². The third-order valence-corrected chi connectivity index (χ3v) is 5.14. The number of amides is 1. The minimum absolute atomic E-state index is 0.0473. The van der Waals surface area contributed by atoms with E-state index in [1.54, 1.807) is 18.8 Å². The Morgan fingerprint density at radius 1 is 1.32 bits per heavy atom. The van der Waals surface area contributed by atoms with Crippen LogP contribution in [0.4, 0.5) is 5.82 Å². The molecule has 0 spiro atoms. The molecule has 4 rings (SSSR count). The van der Waals surface area contributed by atoms with Crippen molar-refractivity contribution in [3.63, 3.8) is 0 Å². The van der Waals surface area contributed by atoms with E-state index in [2.05, 4.69) is 20.2 Å². The summed E-state index contributed by atoms with van der Waals surface area (Å²) in [5.41, 5.74) is 0. The Morgan fingerprint density at radius 3 is 3.08 bits per heavy atom. The zero-order valence-electron chi connectivity index (χ0n) is 14.0. The lowest BCUT2D eigenvalue weighted by atomic mass is 9.81. The van der Waals surface area contributed by atoms with Crippen molar-refractivity contribution in [2.45, 2.75) is 13.0 Å². The zero-order chi connectivity index (χ0) is 17.1. The molecular formula is C18H22N4O3. The van der Waals surface area contributed by atoms with Crippen LogP contribution in [0.2, 0.25) is 0 Å². The van der Waals surface area contributed by atoms with E-state index in [1.807, 2.05) is 18.2 Å². The Labute approximate surface area is 146 Å². The van der Waals surface area contributed by atoms with Crippen LogP contribution in [0.15, 0.2) is 41.4 Å². The van der Waals surface area contributed by atoms with E-state index in [0.29, 0.717) is 31.4 Å². The van der Waals surface area contributed by atoms with Gasteiger partial charge in [-0.25, -0.2) is 9.97 Å². The smallest absolute Gasteiger partial charge is 0.220 e. The van der Waals surface area contributed by atoms with Crippen LogP contribution in [0.1, 0.15) is 12.2 Å². The van der Waals surface area contributed by atoms with E-state index in [4.69, 9.17) is 9.15 Å². The first kappa shape index (κ1) is 16.1. The highest BCUT2D eigenvalue weighted by Gasteiger charge is 2.41. The molecule has 2 aliphatic rings. The molecule has 0 aromatic carbocycles. The van der Waals surface area contributed by atoms with Gasteiger partial charge in [0.05, 0.1) is 26.0 Å². The first-order valence-corrected chi connectivity index (χ1v) is 8.67. The molecule has 2 saturated heterocycles. The Hall–Kier alpha value is -2.41. The minimum Gasteiger partial charge on any atom is -0.467 e. The van der Waals surface area contributed by atoms with Crippen molar-refractivity contribution in [1.82, 2.24) is 15.3 Å². The highest BCUT2D eigenvalue weighted by molar-refractivity contribution is 5.76. The number of aromatic nitrogens is 2. The van der Waals surface area contributed by atoms with E-state index in [-0.39, 0.29) is 11.8 Å². The Morgan fingerprint density at radius 2 is 2.28 bits per heavy atom. The quantitative estimate of drug-likeness (QED) is 0.886. The summed E-state index contributed by atoms with van der Waals surface area (Å²) in [6.07, 6.45) is 5.44. The van der Waals surface area contributed by atoms with Crippen LogP contribution >= 0.6 is 0 Å². The topological polar surface area (TPSA) is 80.5 Å². The SMILES string of the molecule is O=C(C[C@@H]1COC[C@H]2CN(c3ccncn3)C[C@@H]12)NCc1ccco1. The molecule has 1 N–H and O–H groups in total. The predicted octanol–water partition coefficient (Wildman–Crippen LogP) is 1.47. The first-order chi connectivity index (χ1) is 12.3. The number of anilines is 1. The number of carbonyl (C=O) groups is 1. The van der Waals surface area contributed by atoms with Crippen molar-refractivity contribution in [2.75, 3.05) is 31.2 Å². The molecule has 0 unspecified atom stereocenters. The lowest BCUT2D eigenvalue weighted by Crippen LogP contribution is -2.38. The maximum Gasteiger partial charge on any atom is 0.220 e. The molecule has 132 valence electrons. The van der Waals surface area contributed by atoms with Gasteiger partial charge in [0.25, 0.3) is 0 Å². The third-order valence-electron chi connectivity index (χ3n) is 5.14. The van der Waals surface area contributed by atoms with E-state index < -0.39 is 0 Å². The molecule has 1 amide bonds. The predicted molar refractivity (Wildman–Crippen MR) is 90.7 cm³/mol. The van der Waals surface area contributed by atoms with Gasteiger partial charge in [0, 0.05) is 31.6 Å². The highest BCUT2D eigenvalue weighted by Crippen LogP contribution is 2.37. The number of nitrogens with zero attached hydrogens (tertiary/aromatic N) is 3. The van der Waals surface area contributed by atoms with Crippen molar-refractivity contribution in [2.24, 2.45) is 17.8 Å². The van der Waals surface area contributed by atoms with Crippen molar-refractivity contribution in [1.29, 1.82) is 0 Å². The molecule has 7 nitrogen and oxygen atoms in total. The molecule has 3 atom stereocenters. The Bertz CT molecular complexity index is 692. The standard InChI is InChI=1S/C18H22N4O3/c23-18(20-7-15-2-1-5-25-15)6-13-10-24-11-14-8-22(9-16(13)14)17-3-4-19-12-21-17/h1-5,12-14,16H,6-11H2,(H,20,23)/t13-,14-,16+/m1/s1. The van der Waals surface area contributed by atoms with E-state index in [1.165, 1.54) is 0 Å². The number of nitrogens with one attached hydrogen (secondary N) is 1. The molecular weight excluding hydrogens is 320 g/mol. The molecule has 0 radical (unpaired) electrons. The molecule has 2 aromatic rings. The molecule has 25 heavy (non-hydrogen) atoms. The first-order valence-electron chi connectivity index (χ1n) is 8.67. The van der Waals surface area contributed by atoms with Crippen LogP contribution in [0, 0.1) is 17.8 Å². The maximum absolute atomic E-state index is 12.3. The molecule has 4 heterocycles. The van der Waals surface area contributed by atoms with Crippen LogP contribution < -0.4 is 10.2 Å². The lowest BCUT2D eigenvalue weighted by molar-refractivity contribution is -0.124. The fourth-order valence-electron chi connectivity index (χ4n) is 3.88. The molecule has 0 bridgehead atoms. The average Bonchev–Trinajstić information content (AvgIpc) is 3.31. The van der Waals surface area contributed by atoms with Crippen molar-refractivity contribution in [3.05, 3.63) is 42.7 Å². The second kappa shape index (κ2) is 7.23. The second-order valence-electron chi connectivity index (χ2n) is 6.75. The van der Waals surface area contributed by atoms with Gasteiger partial charge in [-0.3, -0.25) is 4.79 Å². The van der Waals surface area contributed by atoms with Crippen LogP contribution in [-0.2, 0) is 16.1 Å². The van der Waals surface area contributed by atoms with Crippen molar-refractivity contribution < 1.29 is 13.9 Å². The van der Waals surface area contributed by atoms with Gasteiger partial charge in [0.1, 0.15) is 17.9 Å². The van der Waals surface area contributed by atoms with Crippen LogP contribution in [-0.4, -0.2) is 42.2 Å². The van der Waals surface area contributed by atoms with E-state index in [0.717, 1.165) is 31.3 Å². The van der Waals surface area contributed by atoms with E-state index >= 15 is 0 Å². The molecule has 2 aliphatic heterocycles. The Kier molecular flexibility index (Phi) is 4.65. The zero-order valence-corrected chi connectivity index (χ0v) is 14.0. The summed E-state index contributed by atoms with van der Waals surface area (Å²) < 4.78 is 11.0. The van der Waals surface area contributed by atoms with Crippen LogP contribution in [0.25, 0.3) is 0 Å². The van der Waals surface area contributed by atoms with Crippen LogP contribution in [0.3, 0.4) is 0 Å². The summed E-state index contributed by atoms with van der Waals surface area (Å²) in [6, 6.07) is 5.61. The minimum atomic E-state index is 0.0473. The summed E-state index contributed by atoms with van der Waals surface area (Å²) >= 11 is 0.